The Balaban J connectivity index is 1.48. The van der Waals surface area contributed by atoms with Gasteiger partial charge in [0.1, 0.15) is 0 Å². The Morgan fingerprint density at radius 2 is 0.619 bits per heavy atom. The maximum Gasteiger partial charge on any atom is -0.0161 e. The first-order chi connectivity index (χ1) is 10.4. The third-order valence-electron chi connectivity index (χ3n) is 14.6. The minimum absolute atomic E-state index is 1.05. The van der Waals surface area contributed by atoms with Crippen molar-refractivity contribution in [3.63, 3.8) is 0 Å². The molecule has 13 aliphatic rings. The van der Waals surface area contributed by atoms with Crippen molar-refractivity contribution in [1.29, 1.82) is 0 Å². The SMILES string of the molecule is C1C23[C@@H]4C5C6[C@H]7C8C9[C@H]6[C@H]4[C@@H]4[C@@H]9C6C([C@@H]42)[C@H]2[C@@H]([C@H]86)[C@@H]7[C@H]5C123. The molecule has 0 nitrogen and oxygen atoms in total. The quantitative estimate of drug-likeness (QED) is 0.636. The summed E-state index contributed by atoms with van der Waals surface area (Å²) in [6.45, 7) is 0. The summed E-state index contributed by atoms with van der Waals surface area (Å²) >= 11 is 0. The standard InChI is InChI=1S/C21H20/c1-20-16-10-4-2-3-6-8(4)14(16)18-12(6)13-7(3)9-5(2)11(10)17(20)15(9)19(13)21(1,18)20/h2-19H,1H2/t2?,3?,4-,5-,6-,7+,8?,9?,10-,11+,12+,13+,14?,15?,16-,17-,18+,19-,20?,21?/m1/s1. The molecule has 0 amide bonds. The maximum atomic E-state index is 1.81. The molecule has 13 rings (SSSR count). The van der Waals surface area contributed by atoms with Gasteiger partial charge in [0.25, 0.3) is 0 Å². The fourth-order valence-corrected chi connectivity index (χ4v) is 16.9. The van der Waals surface area contributed by atoms with Crippen LogP contribution in [0.1, 0.15) is 6.42 Å². The lowest BCUT2D eigenvalue weighted by Gasteiger charge is -2.32. The minimum atomic E-state index is 1.05. The Bertz CT molecular complexity index is 667. The molecule has 13 aliphatic carbocycles. The summed E-state index contributed by atoms with van der Waals surface area (Å²) in [6, 6.07) is 0. The molecule has 2 spiro atoms. The van der Waals surface area contributed by atoms with Crippen molar-refractivity contribution in [2.75, 3.05) is 0 Å². The summed E-state index contributed by atoms with van der Waals surface area (Å²) in [5.41, 5.74) is 2.09. The summed E-state index contributed by atoms with van der Waals surface area (Å²) in [4.78, 5) is 0. The second kappa shape index (κ2) is 1.61. The Hall–Kier alpha value is 0. The molecular formula is C21H20. The molecule has 0 N–H and O–H groups in total. The molecule has 20 atom stereocenters. The van der Waals surface area contributed by atoms with Gasteiger partial charge in [0, 0.05) is 0 Å². The van der Waals surface area contributed by atoms with E-state index in [0.29, 0.717) is 0 Å². The highest BCUT2D eigenvalue weighted by atomic mass is 15.1. The Labute approximate surface area is 124 Å². The smallest absolute Gasteiger partial charge is 0.0161 e. The Morgan fingerprint density at radius 3 is 1.00 bits per heavy atom. The third-order valence-corrected chi connectivity index (χ3v) is 14.6. The van der Waals surface area contributed by atoms with Crippen LogP contribution in [0.4, 0.5) is 0 Å². The van der Waals surface area contributed by atoms with Crippen LogP contribution in [0.25, 0.3) is 0 Å². The molecule has 8 unspecified atom stereocenters. The highest BCUT2D eigenvalue weighted by molar-refractivity contribution is 5.55. The van der Waals surface area contributed by atoms with Crippen LogP contribution in [0.2, 0.25) is 0 Å². The summed E-state index contributed by atoms with van der Waals surface area (Å²) in [6.07, 6.45) is 1.81. The van der Waals surface area contributed by atoms with E-state index in [1.807, 2.05) is 6.42 Å². The molecule has 0 aromatic rings. The van der Waals surface area contributed by atoms with E-state index in [-0.39, 0.29) is 0 Å². The average Bonchev–Trinajstić information content (AvgIpc) is 3.09. The van der Waals surface area contributed by atoms with Crippen LogP contribution in [-0.4, -0.2) is 0 Å². The Morgan fingerprint density at radius 1 is 0.333 bits per heavy atom. The van der Waals surface area contributed by atoms with Crippen molar-refractivity contribution in [2.24, 2.45) is 117 Å². The highest BCUT2D eigenvalue weighted by Crippen LogP contribution is 3.12. The zero-order valence-corrected chi connectivity index (χ0v) is 12.1. The minimum Gasteiger partial charge on any atom is -0.0396 e. The largest absolute Gasteiger partial charge is 0.0396 e. The lowest BCUT2D eigenvalue weighted by atomic mass is 9.72. The number of rotatable bonds is 0. The molecule has 0 aliphatic heterocycles. The first kappa shape index (κ1) is 8.20. The summed E-state index contributed by atoms with van der Waals surface area (Å²) < 4.78 is 0. The van der Waals surface area contributed by atoms with Gasteiger partial charge in [-0.1, -0.05) is 0 Å². The van der Waals surface area contributed by atoms with Crippen molar-refractivity contribution in [3.05, 3.63) is 0 Å². The molecule has 0 bridgehead atoms. The van der Waals surface area contributed by atoms with Gasteiger partial charge in [0.15, 0.2) is 0 Å². The number of hydrogen-bond acceptors (Lipinski definition) is 0. The fraction of sp³-hybridized carbons (Fsp3) is 1.00. The van der Waals surface area contributed by atoms with Crippen LogP contribution in [-0.2, 0) is 0 Å². The van der Waals surface area contributed by atoms with E-state index < -0.39 is 0 Å². The van der Waals surface area contributed by atoms with Crippen molar-refractivity contribution >= 4 is 0 Å². The van der Waals surface area contributed by atoms with E-state index in [1.165, 1.54) is 107 Å². The van der Waals surface area contributed by atoms with E-state index in [0.717, 1.165) is 10.8 Å². The van der Waals surface area contributed by atoms with E-state index in [9.17, 15) is 0 Å². The molecule has 0 heterocycles. The molecule has 13 saturated carbocycles. The van der Waals surface area contributed by atoms with Gasteiger partial charge < -0.3 is 0 Å². The highest BCUT2D eigenvalue weighted by Gasteiger charge is 3.09. The molecule has 21 heavy (non-hydrogen) atoms. The predicted octanol–water partition coefficient (Wildman–Crippen LogP) is 2.60. The first-order valence-electron chi connectivity index (χ1n) is 10.4. The van der Waals surface area contributed by atoms with Gasteiger partial charge in [-0.3, -0.25) is 0 Å². The second-order valence-electron chi connectivity index (χ2n) is 12.4. The molecule has 0 saturated heterocycles. The Kier molecular flexibility index (Phi) is 0.628. The molecule has 0 heteroatoms. The van der Waals surface area contributed by atoms with Crippen molar-refractivity contribution < 1.29 is 0 Å². The molecule has 13 fully saturated rings. The van der Waals surface area contributed by atoms with Crippen molar-refractivity contribution in [3.8, 4) is 0 Å². The lowest BCUT2D eigenvalue weighted by molar-refractivity contribution is 0.143. The van der Waals surface area contributed by atoms with Gasteiger partial charge in [-0.25, -0.2) is 0 Å². The number of hydrogen-bond donors (Lipinski definition) is 0. The average molecular weight is 272 g/mol. The van der Waals surface area contributed by atoms with Crippen molar-refractivity contribution in [1.82, 2.24) is 0 Å². The topological polar surface area (TPSA) is 0 Å². The summed E-state index contributed by atoms with van der Waals surface area (Å²) in [5, 5.41) is 0. The fourth-order valence-electron chi connectivity index (χ4n) is 16.9. The van der Waals surface area contributed by atoms with E-state index in [2.05, 4.69) is 0 Å². The van der Waals surface area contributed by atoms with Gasteiger partial charge in [0.05, 0.1) is 0 Å². The van der Waals surface area contributed by atoms with Gasteiger partial charge in [-0.15, -0.1) is 0 Å². The first-order valence-corrected chi connectivity index (χ1v) is 10.4. The van der Waals surface area contributed by atoms with Crippen LogP contribution in [0.5, 0.6) is 0 Å². The monoisotopic (exact) mass is 272 g/mol. The maximum absolute atomic E-state index is 1.81. The molecule has 0 aromatic heterocycles. The zero-order chi connectivity index (χ0) is 12.1. The van der Waals surface area contributed by atoms with Crippen molar-refractivity contribution in [2.45, 2.75) is 6.42 Å². The van der Waals surface area contributed by atoms with Crippen LogP contribution >= 0.6 is 0 Å². The van der Waals surface area contributed by atoms with Crippen LogP contribution in [0.15, 0.2) is 0 Å². The van der Waals surface area contributed by atoms with Crippen LogP contribution in [0.3, 0.4) is 0 Å². The van der Waals surface area contributed by atoms with E-state index >= 15 is 0 Å². The molecule has 104 valence electrons. The zero-order valence-electron chi connectivity index (χ0n) is 12.1. The van der Waals surface area contributed by atoms with Gasteiger partial charge >= 0.3 is 0 Å². The summed E-state index contributed by atoms with van der Waals surface area (Å²) in [5.74, 6) is 24.1. The lowest BCUT2D eigenvalue weighted by Crippen LogP contribution is -2.29. The van der Waals surface area contributed by atoms with Crippen LogP contribution in [0, 0.1) is 117 Å². The van der Waals surface area contributed by atoms with Gasteiger partial charge in [-0.2, -0.15) is 0 Å². The van der Waals surface area contributed by atoms with E-state index in [1.54, 1.807) is 0 Å². The van der Waals surface area contributed by atoms with E-state index in [4.69, 9.17) is 0 Å². The predicted molar refractivity (Wildman–Crippen MR) is 72.3 cm³/mol. The van der Waals surface area contributed by atoms with Gasteiger partial charge in [-0.05, 0) is 124 Å². The third kappa shape index (κ3) is 0.345. The summed E-state index contributed by atoms with van der Waals surface area (Å²) in [7, 11) is 0. The van der Waals surface area contributed by atoms with Gasteiger partial charge in [0.2, 0.25) is 0 Å². The molecule has 0 aromatic carbocycles. The molecular weight excluding hydrogens is 252 g/mol. The normalized spacial score (nSPS) is 112. The second-order valence-corrected chi connectivity index (χ2v) is 12.4. The van der Waals surface area contributed by atoms with Crippen LogP contribution < -0.4 is 0 Å². The molecule has 0 radical (unpaired) electrons.